The minimum atomic E-state index is 0.0735. The molecule has 4 heteroatoms. The smallest absolute Gasteiger partial charge is 0.255 e. The van der Waals surface area contributed by atoms with Gasteiger partial charge in [0.15, 0.2) is 0 Å². The maximum atomic E-state index is 12.3. The fourth-order valence-corrected chi connectivity index (χ4v) is 2.13. The molecule has 100 valence electrons. The van der Waals surface area contributed by atoms with E-state index in [2.05, 4.69) is 34.8 Å². The van der Waals surface area contributed by atoms with Crippen molar-refractivity contribution in [1.29, 1.82) is 0 Å². The second-order valence-corrected chi connectivity index (χ2v) is 5.21. The van der Waals surface area contributed by atoms with E-state index >= 15 is 0 Å². The van der Waals surface area contributed by atoms with Crippen molar-refractivity contribution < 1.29 is 4.79 Å². The van der Waals surface area contributed by atoms with Gasteiger partial charge in [0.05, 0.1) is 5.56 Å². The Labute approximate surface area is 118 Å². The predicted molar refractivity (Wildman–Crippen MR) is 77.6 cm³/mol. The van der Waals surface area contributed by atoms with E-state index in [1.54, 1.807) is 12.3 Å². The van der Waals surface area contributed by atoms with Gasteiger partial charge < -0.3 is 4.90 Å². The largest absolute Gasteiger partial charge is 0.339 e. The quantitative estimate of drug-likeness (QED) is 0.750. The van der Waals surface area contributed by atoms with Gasteiger partial charge in [0, 0.05) is 19.3 Å². The minimum Gasteiger partial charge on any atom is -0.339 e. The summed E-state index contributed by atoms with van der Waals surface area (Å²) in [4.78, 5) is 18.3. The average Bonchev–Trinajstić information content (AvgIpc) is 2.40. The Morgan fingerprint density at radius 3 is 2.44 bits per heavy atom. The fourth-order valence-electron chi connectivity index (χ4n) is 1.90. The van der Waals surface area contributed by atoms with Crippen LogP contribution in [0.25, 0.3) is 0 Å². The Kier molecular flexibility index (Phi) is 6.33. The molecular weight excluding hydrogens is 292 g/mol. The van der Waals surface area contributed by atoms with Crippen LogP contribution in [-0.4, -0.2) is 28.9 Å². The first-order valence-corrected chi connectivity index (χ1v) is 7.32. The highest BCUT2D eigenvalue weighted by molar-refractivity contribution is 9.10. The van der Waals surface area contributed by atoms with Crippen LogP contribution in [-0.2, 0) is 0 Å². The molecule has 1 amide bonds. The van der Waals surface area contributed by atoms with Gasteiger partial charge >= 0.3 is 0 Å². The third-order valence-corrected chi connectivity index (χ3v) is 3.75. The van der Waals surface area contributed by atoms with Gasteiger partial charge in [0.25, 0.3) is 5.91 Å². The van der Waals surface area contributed by atoms with Gasteiger partial charge in [-0.1, -0.05) is 26.7 Å². The molecule has 0 aliphatic heterocycles. The van der Waals surface area contributed by atoms with Crippen LogP contribution < -0.4 is 0 Å². The third kappa shape index (κ3) is 4.09. The van der Waals surface area contributed by atoms with Crippen molar-refractivity contribution in [1.82, 2.24) is 9.88 Å². The molecule has 18 heavy (non-hydrogen) atoms. The summed E-state index contributed by atoms with van der Waals surface area (Å²) in [5.74, 6) is 0.654. The molecule has 1 heterocycles. The van der Waals surface area contributed by atoms with Gasteiger partial charge in [-0.05, 0) is 40.9 Å². The lowest BCUT2D eigenvalue weighted by atomic mass is 10.0. The van der Waals surface area contributed by atoms with E-state index in [0.29, 0.717) is 11.5 Å². The Bertz CT molecular complexity index is 374. The zero-order valence-electron chi connectivity index (χ0n) is 11.3. The van der Waals surface area contributed by atoms with Gasteiger partial charge in [-0.2, -0.15) is 0 Å². The number of amides is 1. The molecule has 0 radical (unpaired) electrons. The van der Waals surface area contributed by atoms with Crippen LogP contribution >= 0.6 is 15.9 Å². The monoisotopic (exact) mass is 312 g/mol. The molecule has 0 unspecified atom stereocenters. The molecule has 1 aromatic rings. The summed E-state index contributed by atoms with van der Waals surface area (Å²) in [6, 6.07) is 3.62. The van der Waals surface area contributed by atoms with Crippen LogP contribution in [0.1, 0.15) is 44.0 Å². The molecule has 0 spiro atoms. The van der Waals surface area contributed by atoms with Gasteiger partial charge in [0.2, 0.25) is 0 Å². The van der Waals surface area contributed by atoms with E-state index in [1.165, 1.54) is 0 Å². The van der Waals surface area contributed by atoms with Crippen LogP contribution in [0.3, 0.4) is 0 Å². The van der Waals surface area contributed by atoms with Gasteiger partial charge in [-0.25, -0.2) is 4.98 Å². The van der Waals surface area contributed by atoms with Crippen LogP contribution in [0.5, 0.6) is 0 Å². The number of halogens is 1. The molecule has 0 N–H and O–H groups in total. The van der Waals surface area contributed by atoms with E-state index < -0.39 is 0 Å². The first-order chi connectivity index (χ1) is 8.62. The number of hydrogen-bond acceptors (Lipinski definition) is 2. The zero-order chi connectivity index (χ0) is 13.5. The standard InChI is InChI=1S/C14H21BrN2O/c1-4-11(5-2)10-17(6-3)14(18)12-7-8-13(15)16-9-12/h7-9,11H,4-6,10H2,1-3H3. The molecule has 0 saturated carbocycles. The maximum Gasteiger partial charge on any atom is 0.255 e. The SMILES string of the molecule is CCC(CC)CN(CC)C(=O)c1ccc(Br)nc1. The molecule has 1 aromatic heterocycles. The molecule has 0 fully saturated rings. The highest BCUT2D eigenvalue weighted by Gasteiger charge is 2.17. The molecule has 0 aliphatic rings. The lowest BCUT2D eigenvalue weighted by Crippen LogP contribution is -2.35. The van der Waals surface area contributed by atoms with Crippen molar-refractivity contribution in [3.8, 4) is 0 Å². The van der Waals surface area contributed by atoms with Crippen molar-refractivity contribution >= 4 is 21.8 Å². The van der Waals surface area contributed by atoms with Crippen LogP contribution in [0.2, 0.25) is 0 Å². The topological polar surface area (TPSA) is 33.2 Å². The Hall–Kier alpha value is -0.900. The van der Waals surface area contributed by atoms with Crippen molar-refractivity contribution in [2.24, 2.45) is 5.92 Å². The molecule has 0 aliphatic carbocycles. The van der Waals surface area contributed by atoms with E-state index in [9.17, 15) is 4.79 Å². The highest BCUT2D eigenvalue weighted by Crippen LogP contribution is 2.13. The first kappa shape index (κ1) is 15.2. The van der Waals surface area contributed by atoms with E-state index in [1.807, 2.05) is 17.9 Å². The summed E-state index contributed by atoms with van der Waals surface area (Å²) in [6.07, 6.45) is 3.85. The summed E-state index contributed by atoms with van der Waals surface area (Å²) in [7, 11) is 0. The number of aromatic nitrogens is 1. The average molecular weight is 313 g/mol. The Morgan fingerprint density at radius 2 is 2.00 bits per heavy atom. The second-order valence-electron chi connectivity index (χ2n) is 4.40. The first-order valence-electron chi connectivity index (χ1n) is 6.53. The van der Waals surface area contributed by atoms with Crippen molar-refractivity contribution in [2.75, 3.05) is 13.1 Å². The lowest BCUT2D eigenvalue weighted by Gasteiger charge is -2.25. The summed E-state index contributed by atoms with van der Waals surface area (Å²) >= 11 is 3.28. The van der Waals surface area contributed by atoms with Gasteiger partial charge in [-0.15, -0.1) is 0 Å². The number of pyridine rings is 1. The minimum absolute atomic E-state index is 0.0735. The number of carbonyl (C=O) groups excluding carboxylic acids is 1. The van der Waals surface area contributed by atoms with Gasteiger partial charge in [0.1, 0.15) is 4.60 Å². The van der Waals surface area contributed by atoms with E-state index in [4.69, 9.17) is 0 Å². The van der Waals surface area contributed by atoms with E-state index in [-0.39, 0.29) is 5.91 Å². The molecule has 0 aromatic carbocycles. The van der Waals surface area contributed by atoms with Crippen molar-refractivity contribution in [3.63, 3.8) is 0 Å². The number of nitrogens with zero attached hydrogens (tertiary/aromatic N) is 2. The second kappa shape index (κ2) is 7.52. The summed E-state index contributed by atoms with van der Waals surface area (Å²) < 4.78 is 0.752. The van der Waals surface area contributed by atoms with Gasteiger partial charge in [-0.3, -0.25) is 4.79 Å². The maximum absolute atomic E-state index is 12.3. The highest BCUT2D eigenvalue weighted by atomic mass is 79.9. The molecule has 0 saturated heterocycles. The Morgan fingerprint density at radius 1 is 1.33 bits per heavy atom. The number of rotatable bonds is 6. The summed E-state index contributed by atoms with van der Waals surface area (Å²) in [5.41, 5.74) is 0.658. The van der Waals surface area contributed by atoms with E-state index in [0.717, 1.165) is 30.5 Å². The summed E-state index contributed by atoms with van der Waals surface area (Å²) in [5, 5.41) is 0. The molecule has 3 nitrogen and oxygen atoms in total. The van der Waals surface area contributed by atoms with Crippen LogP contribution in [0.4, 0.5) is 0 Å². The van der Waals surface area contributed by atoms with Crippen molar-refractivity contribution in [2.45, 2.75) is 33.6 Å². The molecular formula is C14H21BrN2O. The lowest BCUT2D eigenvalue weighted by molar-refractivity contribution is 0.0734. The Balaban J connectivity index is 2.75. The molecule has 0 bridgehead atoms. The van der Waals surface area contributed by atoms with Crippen molar-refractivity contribution in [3.05, 3.63) is 28.5 Å². The molecule has 0 atom stereocenters. The number of carbonyl (C=O) groups is 1. The summed E-state index contributed by atoms with van der Waals surface area (Å²) in [6.45, 7) is 7.94. The number of hydrogen-bond donors (Lipinski definition) is 0. The normalized spacial score (nSPS) is 10.7. The fraction of sp³-hybridized carbons (Fsp3) is 0.571. The van der Waals surface area contributed by atoms with Crippen LogP contribution in [0, 0.1) is 5.92 Å². The third-order valence-electron chi connectivity index (χ3n) is 3.28. The molecule has 1 rings (SSSR count). The van der Waals surface area contributed by atoms with Crippen LogP contribution in [0.15, 0.2) is 22.9 Å². The predicted octanol–water partition coefficient (Wildman–Crippen LogP) is 3.74. The zero-order valence-corrected chi connectivity index (χ0v) is 12.9.